The van der Waals surface area contributed by atoms with Gasteiger partial charge in [-0.1, -0.05) is 6.07 Å². The zero-order valence-electron chi connectivity index (χ0n) is 12.0. The van der Waals surface area contributed by atoms with Gasteiger partial charge in [-0.2, -0.15) is 0 Å². The molecular weight excluding hydrogens is 403 g/mol. The van der Waals surface area contributed by atoms with Gasteiger partial charge >= 0.3 is 0 Å². The topological polar surface area (TPSA) is 71.3 Å². The fourth-order valence-corrected chi connectivity index (χ4v) is 4.24. The Kier molecular flexibility index (Phi) is 4.95. The summed E-state index contributed by atoms with van der Waals surface area (Å²) < 4.78 is 34.3. The summed E-state index contributed by atoms with van der Waals surface area (Å²) in [6.45, 7) is 3.87. The maximum Gasteiger partial charge on any atom is 0.265 e. The Labute approximate surface area is 138 Å². The molecule has 2 N–H and O–H groups in total. The third-order valence-electron chi connectivity index (χ3n) is 3.02. The first-order valence-corrected chi connectivity index (χ1v) is 8.93. The van der Waals surface area contributed by atoms with Gasteiger partial charge in [-0.3, -0.25) is 4.72 Å². The largest absolute Gasteiger partial charge is 0.465 e. The highest BCUT2D eigenvalue weighted by molar-refractivity contribution is 14.1. The second kappa shape index (κ2) is 6.37. The molecule has 7 heteroatoms. The summed E-state index contributed by atoms with van der Waals surface area (Å²) in [6.07, 6.45) is 0. The number of aryl methyl sites for hydroxylation is 2. The molecule has 5 nitrogen and oxygen atoms in total. The number of rotatable bonds is 5. The number of nitrogens with one attached hydrogen (secondary N) is 2. The average Bonchev–Trinajstić information content (AvgIpc) is 2.64. The van der Waals surface area contributed by atoms with E-state index in [1.165, 1.54) is 0 Å². The number of sulfonamides is 1. The Morgan fingerprint density at radius 1 is 1.24 bits per heavy atom. The van der Waals surface area contributed by atoms with Gasteiger partial charge in [0.1, 0.15) is 16.4 Å². The van der Waals surface area contributed by atoms with Crippen LogP contribution in [0, 0.1) is 17.4 Å². The molecule has 0 bridgehead atoms. The van der Waals surface area contributed by atoms with E-state index in [-0.39, 0.29) is 4.90 Å². The second-order valence-corrected chi connectivity index (χ2v) is 7.53. The van der Waals surface area contributed by atoms with Crippen LogP contribution < -0.4 is 10.0 Å². The summed E-state index contributed by atoms with van der Waals surface area (Å²) in [5, 5.41) is 2.97. The molecule has 0 saturated carbocycles. The summed E-state index contributed by atoms with van der Waals surface area (Å²) in [5.74, 6) is 1.01. The van der Waals surface area contributed by atoms with Crippen molar-refractivity contribution < 1.29 is 12.8 Å². The first kappa shape index (κ1) is 16.3. The van der Waals surface area contributed by atoms with Gasteiger partial charge in [0, 0.05) is 21.4 Å². The van der Waals surface area contributed by atoms with Gasteiger partial charge in [0.25, 0.3) is 10.0 Å². The molecule has 0 aliphatic carbocycles. The average molecular weight is 420 g/mol. The number of hydrogen-bond donors (Lipinski definition) is 2. The number of anilines is 1. The first-order chi connectivity index (χ1) is 9.85. The number of furan rings is 1. The van der Waals surface area contributed by atoms with Gasteiger partial charge in [0.2, 0.25) is 0 Å². The summed E-state index contributed by atoms with van der Waals surface area (Å²) in [6, 6.07) is 7.21. The molecule has 1 heterocycles. The molecule has 0 spiro atoms. The van der Waals surface area contributed by atoms with Crippen molar-refractivity contribution in [3.8, 4) is 0 Å². The van der Waals surface area contributed by atoms with Crippen LogP contribution in [0.2, 0.25) is 0 Å². The van der Waals surface area contributed by atoms with E-state index in [1.54, 1.807) is 33.0 Å². The van der Waals surface area contributed by atoms with E-state index >= 15 is 0 Å². The van der Waals surface area contributed by atoms with Crippen LogP contribution in [0.5, 0.6) is 0 Å². The Bertz CT molecular complexity index is 754. The van der Waals surface area contributed by atoms with E-state index in [4.69, 9.17) is 4.42 Å². The summed E-state index contributed by atoms with van der Waals surface area (Å²) in [4.78, 5) is 0.216. The lowest BCUT2D eigenvalue weighted by molar-refractivity contribution is 0.494. The molecule has 0 amide bonds. The van der Waals surface area contributed by atoms with Crippen molar-refractivity contribution in [1.29, 1.82) is 0 Å². The van der Waals surface area contributed by atoms with Gasteiger partial charge < -0.3 is 9.73 Å². The molecule has 0 aliphatic rings. The Morgan fingerprint density at radius 3 is 2.57 bits per heavy atom. The van der Waals surface area contributed by atoms with Crippen molar-refractivity contribution >= 4 is 38.3 Å². The van der Waals surface area contributed by atoms with E-state index in [1.807, 2.05) is 12.1 Å². The number of benzene rings is 1. The van der Waals surface area contributed by atoms with Crippen LogP contribution in [-0.2, 0) is 16.6 Å². The third-order valence-corrected chi connectivity index (χ3v) is 5.27. The van der Waals surface area contributed by atoms with Crippen LogP contribution in [-0.4, -0.2) is 15.5 Å². The molecule has 0 aliphatic heterocycles. The Morgan fingerprint density at radius 2 is 1.95 bits per heavy atom. The summed E-state index contributed by atoms with van der Waals surface area (Å²) in [7, 11) is -1.91. The van der Waals surface area contributed by atoms with Gasteiger partial charge in [-0.25, -0.2) is 8.42 Å². The zero-order chi connectivity index (χ0) is 15.6. The predicted molar refractivity (Wildman–Crippen MR) is 90.9 cm³/mol. The quantitative estimate of drug-likeness (QED) is 0.730. The lowest BCUT2D eigenvalue weighted by Gasteiger charge is -2.10. The standard InChI is InChI=1S/C14H17IN2O3S/c1-9-13(8-16-3)14(10(2)20-9)21(18,19)17-12-6-4-5-11(15)7-12/h4-7,16-17H,8H2,1-3H3. The number of hydrogen-bond acceptors (Lipinski definition) is 4. The van der Waals surface area contributed by atoms with Crippen LogP contribution in [0.4, 0.5) is 5.69 Å². The highest BCUT2D eigenvalue weighted by Gasteiger charge is 2.26. The van der Waals surface area contributed by atoms with Crippen LogP contribution >= 0.6 is 22.6 Å². The highest BCUT2D eigenvalue weighted by atomic mass is 127. The fraction of sp³-hybridized carbons (Fsp3) is 0.286. The zero-order valence-corrected chi connectivity index (χ0v) is 15.0. The normalized spacial score (nSPS) is 11.6. The van der Waals surface area contributed by atoms with Gasteiger partial charge in [0.05, 0.1) is 0 Å². The minimum absolute atomic E-state index is 0.216. The van der Waals surface area contributed by atoms with Gasteiger partial charge in [-0.15, -0.1) is 0 Å². The minimum atomic E-state index is -3.68. The second-order valence-electron chi connectivity index (χ2n) is 4.67. The fourth-order valence-electron chi connectivity index (χ4n) is 2.20. The van der Waals surface area contributed by atoms with Crippen molar-refractivity contribution in [1.82, 2.24) is 5.32 Å². The highest BCUT2D eigenvalue weighted by Crippen LogP contribution is 2.28. The van der Waals surface area contributed by atoms with Crippen molar-refractivity contribution in [3.63, 3.8) is 0 Å². The predicted octanol–water partition coefficient (Wildman–Crippen LogP) is 3.02. The maximum absolute atomic E-state index is 12.6. The van der Waals surface area contributed by atoms with E-state index < -0.39 is 10.0 Å². The molecule has 2 aromatic rings. The summed E-state index contributed by atoms with van der Waals surface area (Å²) >= 11 is 2.14. The molecule has 0 radical (unpaired) electrons. The minimum Gasteiger partial charge on any atom is -0.465 e. The molecule has 21 heavy (non-hydrogen) atoms. The SMILES string of the molecule is CNCc1c(C)oc(C)c1S(=O)(=O)Nc1cccc(I)c1. The molecule has 0 atom stereocenters. The molecule has 1 aromatic carbocycles. The van der Waals surface area contributed by atoms with Crippen molar-refractivity contribution in [3.05, 3.63) is 44.9 Å². The summed E-state index contributed by atoms with van der Waals surface area (Å²) in [5.41, 5.74) is 1.20. The molecule has 0 fully saturated rings. The molecule has 114 valence electrons. The molecule has 0 saturated heterocycles. The van der Waals surface area contributed by atoms with Crippen molar-refractivity contribution in [2.24, 2.45) is 0 Å². The Hall–Kier alpha value is -1.06. The van der Waals surface area contributed by atoms with E-state index in [9.17, 15) is 8.42 Å². The molecule has 1 aromatic heterocycles. The van der Waals surface area contributed by atoms with Crippen LogP contribution in [0.15, 0.2) is 33.6 Å². The number of halogens is 1. The van der Waals surface area contributed by atoms with Crippen molar-refractivity contribution in [2.45, 2.75) is 25.3 Å². The molecule has 0 unspecified atom stereocenters. The van der Waals surface area contributed by atoms with Gasteiger partial charge in [0.15, 0.2) is 0 Å². The smallest absolute Gasteiger partial charge is 0.265 e. The van der Waals surface area contributed by atoms with Crippen LogP contribution in [0.25, 0.3) is 0 Å². The maximum atomic E-state index is 12.6. The Balaban J connectivity index is 2.45. The van der Waals surface area contributed by atoms with E-state index in [0.29, 0.717) is 29.3 Å². The van der Waals surface area contributed by atoms with Crippen LogP contribution in [0.3, 0.4) is 0 Å². The lowest BCUT2D eigenvalue weighted by Crippen LogP contribution is -2.17. The lowest BCUT2D eigenvalue weighted by atomic mass is 10.2. The van der Waals surface area contributed by atoms with Crippen molar-refractivity contribution in [2.75, 3.05) is 11.8 Å². The molecular formula is C14H17IN2O3S. The van der Waals surface area contributed by atoms with E-state index in [2.05, 4.69) is 32.6 Å². The monoisotopic (exact) mass is 420 g/mol. The van der Waals surface area contributed by atoms with Crippen LogP contribution in [0.1, 0.15) is 17.1 Å². The third kappa shape index (κ3) is 3.58. The first-order valence-electron chi connectivity index (χ1n) is 6.37. The van der Waals surface area contributed by atoms with Gasteiger partial charge in [-0.05, 0) is 61.7 Å². The van der Waals surface area contributed by atoms with E-state index in [0.717, 1.165) is 3.57 Å². The molecule has 2 rings (SSSR count).